The second kappa shape index (κ2) is 14.2. The fraction of sp³-hybridized carbons (Fsp3) is 0.150. The van der Waals surface area contributed by atoms with Crippen LogP contribution in [0.5, 0.6) is 0 Å². The van der Waals surface area contributed by atoms with Crippen molar-refractivity contribution in [3.63, 3.8) is 0 Å². The molecule has 6 rings (SSSR count). The van der Waals surface area contributed by atoms with E-state index in [1.807, 2.05) is 36.4 Å². The standard InChI is InChI=1S/C17H13.C9H13.2C7H5Cl.2ClH.Zr/c1-3-12-5-7-14-11-15-8-6-13(4-2)10-17(15)16(14)9-12;1-9(2,3)8-6-4-5-7-8;2*1-6-2-4-7(8)5-3-6;;;/h3-11H,1-2H2;6-7H,4H2,1-3H3;2*1-5H;2*1H;/q;;;;;;+2/p-2. The van der Waals surface area contributed by atoms with Gasteiger partial charge >= 0.3 is 272 Å². The smallest absolute Gasteiger partial charge is 1.00 e. The molecule has 0 saturated carbocycles. The first kappa shape index (κ1) is 35.5. The molecule has 0 aliphatic heterocycles. The molecule has 0 saturated heterocycles. The first-order valence-electron chi connectivity index (χ1n) is 14.8. The topological polar surface area (TPSA) is 0 Å². The molecule has 5 heteroatoms. The molecule has 0 unspecified atom stereocenters. The third-order valence-corrected chi connectivity index (χ3v) is 20.8. The third-order valence-electron chi connectivity index (χ3n) is 8.86. The molecule has 0 heterocycles. The monoisotopic (exact) mass is 746 g/mol. The predicted molar refractivity (Wildman–Crippen MR) is 187 cm³/mol. The Balaban J connectivity index is 0.00000230. The molecule has 4 aromatic carbocycles. The van der Waals surface area contributed by atoms with Crippen LogP contribution in [-0.4, -0.2) is 7.42 Å². The molecule has 0 aromatic heterocycles. The maximum atomic E-state index is 6.39. The normalized spacial score (nSPS) is 13.1. The van der Waals surface area contributed by atoms with Gasteiger partial charge in [-0.2, -0.15) is 0 Å². The summed E-state index contributed by atoms with van der Waals surface area (Å²) in [6, 6.07) is 30.5. The van der Waals surface area contributed by atoms with E-state index < -0.39 is 19.3 Å². The Bertz CT molecular complexity index is 1830. The van der Waals surface area contributed by atoms with Crippen LogP contribution < -0.4 is 24.8 Å². The van der Waals surface area contributed by atoms with Crippen molar-refractivity contribution in [1.82, 2.24) is 0 Å². The fourth-order valence-electron chi connectivity index (χ4n) is 6.65. The fourth-order valence-corrected chi connectivity index (χ4v) is 19.3. The average Bonchev–Trinajstić information content (AvgIpc) is 3.63. The van der Waals surface area contributed by atoms with E-state index in [2.05, 4.69) is 114 Å². The van der Waals surface area contributed by atoms with Gasteiger partial charge in [-0.1, -0.05) is 0 Å². The van der Waals surface area contributed by atoms with E-state index in [4.69, 9.17) is 23.2 Å². The van der Waals surface area contributed by atoms with Crippen molar-refractivity contribution >= 4 is 42.8 Å². The van der Waals surface area contributed by atoms with Gasteiger partial charge in [-0.05, 0) is 0 Å². The number of fused-ring (bicyclic) bond motifs is 3. The molecule has 0 spiro atoms. The predicted octanol–water partition coefficient (Wildman–Crippen LogP) is 5.47. The van der Waals surface area contributed by atoms with Gasteiger partial charge in [-0.25, -0.2) is 0 Å². The minimum atomic E-state index is -3.83. The van der Waals surface area contributed by atoms with Gasteiger partial charge < -0.3 is 24.8 Å². The van der Waals surface area contributed by atoms with Crippen LogP contribution in [0.15, 0.2) is 119 Å². The minimum Gasteiger partial charge on any atom is -1.00 e. The maximum Gasteiger partial charge on any atom is -1.00 e. The summed E-state index contributed by atoms with van der Waals surface area (Å²) in [6.45, 7) is 15.1. The van der Waals surface area contributed by atoms with Gasteiger partial charge in [0.1, 0.15) is 0 Å². The second-order valence-electron chi connectivity index (χ2n) is 12.6. The zero-order chi connectivity index (χ0) is 30.4. The van der Waals surface area contributed by atoms with Crippen molar-refractivity contribution in [2.75, 3.05) is 0 Å². The van der Waals surface area contributed by atoms with Crippen molar-refractivity contribution in [3.05, 3.63) is 163 Å². The van der Waals surface area contributed by atoms with Crippen LogP contribution in [0.25, 0.3) is 23.3 Å². The van der Waals surface area contributed by atoms with E-state index >= 15 is 0 Å². The maximum absolute atomic E-state index is 6.39. The molecular formula is C40H36Cl4Zr. The summed E-state index contributed by atoms with van der Waals surface area (Å²) in [6.07, 6.45) is 9.86. The van der Waals surface area contributed by atoms with Gasteiger partial charge in [-0.15, -0.1) is 0 Å². The van der Waals surface area contributed by atoms with E-state index in [-0.39, 0.29) is 33.9 Å². The van der Waals surface area contributed by atoms with Crippen molar-refractivity contribution < 1.29 is 44.1 Å². The van der Waals surface area contributed by atoms with Gasteiger partial charge in [0.15, 0.2) is 0 Å². The Kier molecular flexibility index (Phi) is 11.2. The summed E-state index contributed by atoms with van der Waals surface area (Å²) in [5.41, 5.74) is 11.6. The largest absolute Gasteiger partial charge is 1.00 e. The van der Waals surface area contributed by atoms with Gasteiger partial charge in [0.2, 0.25) is 0 Å². The number of benzene rings is 4. The zero-order valence-corrected chi connectivity index (χ0v) is 31.2. The molecule has 0 amide bonds. The van der Waals surface area contributed by atoms with E-state index in [0.717, 1.165) is 27.6 Å². The van der Waals surface area contributed by atoms with Gasteiger partial charge in [-0.3, -0.25) is 0 Å². The summed E-state index contributed by atoms with van der Waals surface area (Å²) in [5, 5.41) is 1.50. The SMILES string of the molecule is C=Cc1ccc2c(c1)-c1cc(C=C)ccc1[CH]2[Zr+2](=[CH]c1ccc(Cl)cc1)(=[CH]c1ccc(Cl)cc1)[C]1=CC(C(C)(C)C)=CC1.[Cl-].[Cl-]. The second-order valence-corrected chi connectivity index (χ2v) is 22.5. The summed E-state index contributed by atoms with van der Waals surface area (Å²) in [7, 11) is 0. The Hall–Kier alpha value is -2.38. The Labute approximate surface area is 294 Å². The molecule has 2 aliphatic carbocycles. The Morgan fingerprint density at radius 1 is 0.667 bits per heavy atom. The van der Waals surface area contributed by atoms with Gasteiger partial charge in [0.05, 0.1) is 0 Å². The van der Waals surface area contributed by atoms with E-state index in [9.17, 15) is 0 Å². The molecule has 0 fully saturated rings. The van der Waals surface area contributed by atoms with Crippen LogP contribution >= 0.6 is 23.2 Å². The first-order chi connectivity index (χ1) is 20.6. The molecule has 0 atom stereocenters. The summed E-state index contributed by atoms with van der Waals surface area (Å²) >= 11 is 8.95. The number of rotatable bonds is 6. The van der Waals surface area contributed by atoms with Crippen molar-refractivity contribution in [3.8, 4) is 11.1 Å². The van der Waals surface area contributed by atoms with E-state index in [1.54, 1.807) is 3.28 Å². The number of hydrogen-bond acceptors (Lipinski definition) is 0. The molecule has 4 aromatic rings. The molecule has 2 aliphatic rings. The van der Waals surface area contributed by atoms with Crippen LogP contribution in [0.3, 0.4) is 0 Å². The number of halogens is 4. The third kappa shape index (κ3) is 7.00. The first-order valence-corrected chi connectivity index (χ1v) is 21.0. The summed E-state index contributed by atoms with van der Waals surface area (Å²) < 4.78 is 7.14. The van der Waals surface area contributed by atoms with E-state index in [1.165, 1.54) is 39.0 Å². The zero-order valence-electron chi connectivity index (χ0n) is 25.8. The van der Waals surface area contributed by atoms with Crippen LogP contribution in [0.4, 0.5) is 0 Å². The van der Waals surface area contributed by atoms with Crippen LogP contribution in [-0.2, 0) is 19.3 Å². The van der Waals surface area contributed by atoms with E-state index in [0.29, 0.717) is 0 Å². The molecule has 0 N–H and O–H groups in total. The molecule has 228 valence electrons. The van der Waals surface area contributed by atoms with Crippen LogP contribution in [0, 0.1) is 5.41 Å². The Morgan fingerprint density at radius 2 is 1.09 bits per heavy atom. The van der Waals surface area contributed by atoms with Crippen molar-refractivity contribution in [2.45, 2.75) is 30.8 Å². The van der Waals surface area contributed by atoms with Gasteiger partial charge in [0, 0.05) is 0 Å². The van der Waals surface area contributed by atoms with Crippen molar-refractivity contribution in [2.24, 2.45) is 5.41 Å². The summed E-state index contributed by atoms with van der Waals surface area (Å²) in [5.74, 6) is 0. The minimum absolute atomic E-state index is 0. The van der Waals surface area contributed by atoms with Crippen LogP contribution in [0.2, 0.25) is 10.0 Å². The summed E-state index contributed by atoms with van der Waals surface area (Å²) in [4.78, 5) is 0. The van der Waals surface area contributed by atoms with Gasteiger partial charge in [0.25, 0.3) is 0 Å². The Morgan fingerprint density at radius 3 is 1.47 bits per heavy atom. The van der Waals surface area contributed by atoms with Crippen molar-refractivity contribution in [1.29, 1.82) is 0 Å². The average molecular weight is 750 g/mol. The molecule has 45 heavy (non-hydrogen) atoms. The quantitative estimate of drug-likeness (QED) is 0.246. The van der Waals surface area contributed by atoms with Crippen LogP contribution in [0.1, 0.15) is 64.2 Å². The number of allylic oxidation sites excluding steroid dienone is 4. The molecule has 0 radical (unpaired) electrons. The molecule has 0 bridgehead atoms. The number of hydrogen-bond donors (Lipinski definition) is 0. The molecule has 0 nitrogen and oxygen atoms in total. The molecular weight excluding hydrogens is 713 g/mol.